The van der Waals surface area contributed by atoms with Crippen molar-refractivity contribution in [3.63, 3.8) is 0 Å². The molecule has 2 heterocycles. The predicted molar refractivity (Wildman–Crippen MR) is 115 cm³/mol. The summed E-state index contributed by atoms with van der Waals surface area (Å²) in [6, 6.07) is 16.6. The molecule has 4 aromatic rings. The van der Waals surface area contributed by atoms with Crippen LogP contribution in [0.4, 0.5) is 4.39 Å². The molecule has 0 atom stereocenters. The van der Waals surface area contributed by atoms with E-state index in [2.05, 4.69) is 22.3 Å². The summed E-state index contributed by atoms with van der Waals surface area (Å²) in [5.41, 5.74) is 6.95. The van der Waals surface area contributed by atoms with E-state index >= 15 is 0 Å². The Labute approximate surface area is 176 Å². The standard InChI is InChI=1S/C22H19FN4O2S/c1-2-13-27-17-6-4-3-5-16(17)24-20(27)18-11-12-19(30-18)22(29)26-25-21(28)14-7-9-15(23)10-8-14/h3-12H,2,13H2,1H3,(H,25,28)(H,26,29). The third kappa shape index (κ3) is 3.95. The smallest absolute Gasteiger partial charge is 0.279 e. The second-order valence-corrected chi connectivity index (χ2v) is 7.74. The Balaban J connectivity index is 1.51. The minimum absolute atomic E-state index is 0.247. The highest BCUT2D eigenvalue weighted by Crippen LogP contribution is 2.30. The van der Waals surface area contributed by atoms with Gasteiger partial charge in [0, 0.05) is 12.1 Å². The summed E-state index contributed by atoms with van der Waals surface area (Å²) in [6.07, 6.45) is 0.960. The van der Waals surface area contributed by atoms with Crippen LogP contribution in [0.5, 0.6) is 0 Å². The van der Waals surface area contributed by atoms with Gasteiger partial charge in [0.1, 0.15) is 5.82 Å². The topological polar surface area (TPSA) is 76.0 Å². The zero-order chi connectivity index (χ0) is 21.1. The van der Waals surface area contributed by atoms with Crippen LogP contribution in [0.25, 0.3) is 21.7 Å². The summed E-state index contributed by atoms with van der Waals surface area (Å²) >= 11 is 1.30. The van der Waals surface area contributed by atoms with E-state index in [-0.39, 0.29) is 5.56 Å². The molecule has 4 rings (SSSR count). The fourth-order valence-electron chi connectivity index (χ4n) is 3.14. The van der Waals surface area contributed by atoms with E-state index in [0.717, 1.165) is 34.7 Å². The molecule has 0 saturated heterocycles. The highest BCUT2D eigenvalue weighted by atomic mass is 32.1. The number of carbonyl (C=O) groups excluding carboxylic acids is 2. The van der Waals surface area contributed by atoms with Crippen molar-refractivity contribution in [2.75, 3.05) is 0 Å². The number of hydrogen-bond acceptors (Lipinski definition) is 4. The third-order valence-electron chi connectivity index (χ3n) is 4.55. The number of fused-ring (bicyclic) bond motifs is 1. The summed E-state index contributed by atoms with van der Waals surface area (Å²) in [5, 5.41) is 0. The molecular formula is C22H19FN4O2S. The van der Waals surface area contributed by atoms with Crippen LogP contribution in [0, 0.1) is 5.82 Å². The number of thiophene rings is 1. The molecule has 30 heavy (non-hydrogen) atoms. The van der Waals surface area contributed by atoms with Crippen LogP contribution in [-0.4, -0.2) is 21.4 Å². The Kier molecular flexibility index (Phi) is 5.58. The molecule has 0 aliphatic carbocycles. The first-order valence-corrected chi connectivity index (χ1v) is 10.3. The number of benzene rings is 2. The maximum Gasteiger partial charge on any atom is 0.279 e. The van der Waals surface area contributed by atoms with Crippen molar-refractivity contribution in [1.82, 2.24) is 20.4 Å². The van der Waals surface area contributed by atoms with Gasteiger partial charge in [-0.05, 0) is 55.0 Å². The first kappa shape index (κ1) is 19.8. The van der Waals surface area contributed by atoms with Gasteiger partial charge in [-0.3, -0.25) is 20.4 Å². The lowest BCUT2D eigenvalue weighted by Gasteiger charge is -2.07. The molecule has 0 aliphatic heterocycles. The van der Waals surface area contributed by atoms with Gasteiger partial charge in [0.2, 0.25) is 0 Å². The van der Waals surface area contributed by atoms with E-state index in [1.807, 2.05) is 30.3 Å². The van der Waals surface area contributed by atoms with Crippen molar-refractivity contribution in [3.8, 4) is 10.7 Å². The SMILES string of the molecule is CCCn1c(-c2ccc(C(=O)NNC(=O)c3ccc(F)cc3)s2)nc2ccccc21. The van der Waals surface area contributed by atoms with Crippen LogP contribution in [-0.2, 0) is 6.54 Å². The zero-order valence-corrected chi connectivity index (χ0v) is 17.0. The van der Waals surface area contributed by atoms with E-state index in [9.17, 15) is 14.0 Å². The third-order valence-corrected chi connectivity index (χ3v) is 5.63. The lowest BCUT2D eigenvalue weighted by Crippen LogP contribution is -2.41. The van der Waals surface area contributed by atoms with Gasteiger partial charge in [0.25, 0.3) is 11.8 Å². The summed E-state index contributed by atoms with van der Waals surface area (Å²) in [7, 11) is 0. The first-order chi connectivity index (χ1) is 14.6. The lowest BCUT2D eigenvalue weighted by molar-refractivity contribution is 0.0849. The molecule has 2 amide bonds. The normalized spacial score (nSPS) is 10.9. The molecule has 0 unspecified atom stereocenters. The molecule has 8 heteroatoms. The minimum Gasteiger partial charge on any atom is -0.323 e. The fraction of sp³-hybridized carbons (Fsp3) is 0.136. The van der Waals surface area contributed by atoms with Crippen molar-refractivity contribution < 1.29 is 14.0 Å². The van der Waals surface area contributed by atoms with Gasteiger partial charge in [-0.1, -0.05) is 19.1 Å². The van der Waals surface area contributed by atoms with Crippen LogP contribution >= 0.6 is 11.3 Å². The summed E-state index contributed by atoms with van der Waals surface area (Å²) < 4.78 is 15.1. The number of hydrogen-bond donors (Lipinski definition) is 2. The molecule has 0 aliphatic rings. The van der Waals surface area contributed by atoms with Gasteiger partial charge < -0.3 is 4.57 Å². The lowest BCUT2D eigenvalue weighted by atomic mass is 10.2. The van der Waals surface area contributed by atoms with Crippen molar-refractivity contribution in [2.24, 2.45) is 0 Å². The van der Waals surface area contributed by atoms with Gasteiger partial charge in [-0.25, -0.2) is 9.37 Å². The Bertz CT molecular complexity index is 1210. The number of aryl methyl sites for hydroxylation is 1. The average molecular weight is 422 g/mol. The Morgan fingerprint density at radius 2 is 1.73 bits per heavy atom. The number of carbonyl (C=O) groups is 2. The number of hydrazine groups is 1. The van der Waals surface area contributed by atoms with Crippen LogP contribution in [0.15, 0.2) is 60.7 Å². The number of aromatic nitrogens is 2. The average Bonchev–Trinajstić information content (AvgIpc) is 3.38. The van der Waals surface area contributed by atoms with Crippen molar-refractivity contribution in [2.45, 2.75) is 19.9 Å². The molecule has 0 spiro atoms. The Morgan fingerprint density at radius 1 is 1.00 bits per heavy atom. The molecule has 0 fully saturated rings. The number of para-hydroxylation sites is 2. The highest BCUT2D eigenvalue weighted by Gasteiger charge is 2.17. The van der Waals surface area contributed by atoms with Crippen LogP contribution in [0.1, 0.15) is 33.4 Å². The number of amides is 2. The zero-order valence-electron chi connectivity index (χ0n) is 16.2. The highest BCUT2D eigenvalue weighted by molar-refractivity contribution is 7.17. The summed E-state index contributed by atoms with van der Waals surface area (Å²) in [5.74, 6) is -0.571. The number of nitrogens with one attached hydrogen (secondary N) is 2. The van der Waals surface area contributed by atoms with Gasteiger partial charge in [0.15, 0.2) is 5.82 Å². The molecular weight excluding hydrogens is 403 g/mol. The Morgan fingerprint density at radius 3 is 2.50 bits per heavy atom. The van der Waals surface area contributed by atoms with Gasteiger partial charge in [-0.15, -0.1) is 11.3 Å². The summed E-state index contributed by atoms with van der Waals surface area (Å²) in [6.45, 7) is 2.93. The summed E-state index contributed by atoms with van der Waals surface area (Å²) in [4.78, 5) is 30.6. The van der Waals surface area contributed by atoms with E-state index in [4.69, 9.17) is 4.98 Å². The monoisotopic (exact) mass is 422 g/mol. The largest absolute Gasteiger partial charge is 0.323 e. The molecule has 2 aromatic heterocycles. The van der Waals surface area contributed by atoms with Crippen molar-refractivity contribution >= 4 is 34.2 Å². The van der Waals surface area contributed by atoms with Crippen LogP contribution < -0.4 is 10.9 Å². The molecule has 2 aromatic carbocycles. The molecule has 6 nitrogen and oxygen atoms in total. The number of nitrogens with zero attached hydrogens (tertiary/aromatic N) is 2. The number of halogens is 1. The minimum atomic E-state index is -0.523. The van der Waals surface area contributed by atoms with Crippen LogP contribution in [0.3, 0.4) is 0 Å². The second-order valence-electron chi connectivity index (χ2n) is 6.65. The molecule has 152 valence electrons. The van der Waals surface area contributed by atoms with Crippen molar-refractivity contribution in [1.29, 1.82) is 0 Å². The van der Waals surface area contributed by atoms with E-state index in [1.165, 1.54) is 35.6 Å². The molecule has 0 bridgehead atoms. The maximum absolute atomic E-state index is 13.0. The molecule has 0 radical (unpaired) electrons. The predicted octanol–water partition coefficient (Wildman–Crippen LogP) is 4.39. The molecule has 2 N–H and O–H groups in total. The first-order valence-electron chi connectivity index (χ1n) is 9.48. The molecule has 0 saturated carbocycles. The van der Waals surface area contributed by atoms with E-state index in [1.54, 1.807) is 6.07 Å². The number of imidazole rings is 1. The van der Waals surface area contributed by atoms with Gasteiger partial charge >= 0.3 is 0 Å². The van der Waals surface area contributed by atoms with Crippen LogP contribution in [0.2, 0.25) is 0 Å². The van der Waals surface area contributed by atoms with E-state index < -0.39 is 17.6 Å². The quantitative estimate of drug-likeness (QED) is 0.469. The van der Waals surface area contributed by atoms with Crippen molar-refractivity contribution in [3.05, 3.63) is 76.9 Å². The number of rotatable bonds is 5. The second kappa shape index (κ2) is 8.46. The Hall–Kier alpha value is -3.52. The fourth-order valence-corrected chi connectivity index (χ4v) is 4.04. The van der Waals surface area contributed by atoms with E-state index in [0.29, 0.717) is 4.88 Å². The van der Waals surface area contributed by atoms with Gasteiger partial charge in [-0.2, -0.15) is 0 Å². The maximum atomic E-state index is 13.0. The van der Waals surface area contributed by atoms with Gasteiger partial charge in [0.05, 0.1) is 20.8 Å².